The van der Waals surface area contributed by atoms with Crippen LogP contribution < -0.4 is 14.8 Å². The molecule has 4 heterocycles. The number of likely N-dealkylation sites (tertiary alicyclic amines) is 2. The van der Waals surface area contributed by atoms with Crippen LogP contribution in [-0.4, -0.2) is 113 Å². The summed E-state index contributed by atoms with van der Waals surface area (Å²) in [5.41, 5.74) is 4.48. The molecule has 13 nitrogen and oxygen atoms in total. The van der Waals surface area contributed by atoms with Crippen molar-refractivity contribution in [2.75, 3.05) is 68.1 Å². The first-order chi connectivity index (χ1) is 25.4. The number of carbonyl (C=O) groups is 3. The lowest BCUT2D eigenvalue weighted by molar-refractivity contribution is -0.137. The number of amides is 4. The fourth-order valence-corrected chi connectivity index (χ4v) is 10.7. The van der Waals surface area contributed by atoms with E-state index in [0.29, 0.717) is 51.7 Å². The van der Waals surface area contributed by atoms with E-state index in [9.17, 15) is 18.0 Å². The summed E-state index contributed by atoms with van der Waals surface area (Å²) in [5, 5.41) is 3.79. The van der Waals surface area contributed by atoms with Gasteiger partial charge in [0.2, 0.25) is 5.91 Å². The van der Waals surface area contributed by atoms with Crippen LogP contribution in [0.5, 0.6) is 5.75 Å². The number of benzene rings is 2. The van der Waals surface area contributed by atoms with Crippen LogP contribution in [0.3, 0.4) is 0 Å². The second-order valence-electron chi connectivity index (χ2n) is 16.1. The lowest BCUT2D eigenvalue weighted by Gasteiger charge is -2.30. The average molecular weight is 747 g/mol. The predicted molar refractivity (Wildman–Crippen MR) is 200 cm³/mol. The van der Waals surface area contributed by atoms with Crippen molar-refractivity contribution < 1.29 is 32.3 Å². The van der Waals surface area contributed by atoms with Gasteiger partial charge in [0.1, 0.15) is 5.75 Å². The third-order valence-electron chi connectivity index (χ3n) is 12.9. The summed E-state index contributed by atoms with van der Waals surface area (Å²) < 4.78 is 42.2. The smallest absolute Gasteiger partial charge is 0.317 e. The Morgan fingerprint density at radius 3 is 2.40 bits per heavy atom. The molecule has 1 aromatic heterocycles. The van der Waals surface area contributed by atoms with Crippen molar-refractivity contribution in [1.29, 1.82) is 0 Å². The number of carbonyl (C=O) groups excluding carboxylic acids is 3. The van der Waals surface area contributed by atoms with Crippen molar-refractivity contribution in [2.24, 2.45) is 16.7 Å². The van der Waals surface area contributed by atoms with Gasteiger partial charge in [0.15, 0.2) is 0 Å². The largest absolute Gasteiger partial charge is 0.497 e. The van der Waals surface area contributed by atoms with E-state index in [-0.39, 0.29) is 34.8 Å². The molecule has 5 aliphatic rings. The summed E-state index contributed by atoms with van der Waals surface area (Å²) in [6.45, 7) is 3.03. The highest BCUT2D eigenvalue weighted by molar-refractivity contribution is 7.87. The fourth-order valence-electron chi connectivity index (χ4n) is 10.1. The van der Waals surface area contributed by atoms with Gasteiger partial charge in [-0.1, -0.05) is 25.3 Å². The number of ether oxygens (including phenoxy) is 2. The second kappa shape index (κ2) is 13.0. The molecule has 2 saturated heterocycles. The molecule has 4 fully saturated rings. The van der Waals surface area contributed by atoms with Gasteiger partial charge in [-0.05, 0) is 66.6 Å². The quantitative estimate of drug-likeness (QED) is 0.353. The molecule has 0 bridgehead atoms. The molecule has 284 valence electrons. The monoisotopic (exact) mass is 746 g/mol. The van der Waals surface area contributed by atoms with Gasteiger partial charge in [0.25, 0.3) is 5.91 Å². The highest BCUT2D eigenvalue weighted by Crippen LogP contribution is 2.66. The molecule has 3 aliphatic heterocycles. The van der Waals surface area contributed by atoms with Crippen LogP contribution in [0.25, 0.3) is 22.2 Å². The zero-order valence-electron chi connectivity index (χ0n) is 31.2. The first-order valence-corrected chi connectivity index (χ1v) is 20.1. The maximum Gasteiger partial charge on any atom is 0.317 e. The van der Waals surface area contributed by atoms with Crippen molar-refractivity contribution in [1.82, 2.24) is 28.7 Å². The minimum atomic E-state index is -4.01. The number of nitrogens with one attached hydrogen (secondary N) is 2. The highest BCUT2D eigenvalue weighted by atomic mass is 32.2. The summed E-state index contributed by atoms with van der Waals surface area (Å²) in [6.07, 6.45) is 6.25. The van der Waals surface area contributed by atoms with Crippen LogP contribution in [0.4, 0.5) is 4.79 Å². The predicted octanol–water partition coefficient (Wildman–Crippen LogP) is 4.13. The van der Waals surface area contributed by atoms with Crippen molar-refractivity contribution in [3.63, 3.8) is 0 Å². The van der Waals surface area contributed by atoms with Crippen LogP contribution in [-0.2, 0) is 26.3 Å². The van der Waals surface area contributed by atoms with E-state index in [0.717, 1.165) is 63.5 Å². The first kappa shape index (κ1) is 35.9. The van der Waals surface area contributed by atoms with Gasteiger partial charge in [0, 0.05) is 100 Å². The van der Waals surface area contributed by atoms with Gasteiger partial charge in [0.05, 0.1) is 24.8 Å². The Labute approximate surface area is 311 Å². The Morgan fingerprint density at radius 2 is 1.70 bits per heavy atom. The Hall–Kier alpha value is -4.14. The summed E-state index contributed by atoms with van der Waals surface area (Å²) in [6, 6.07) is 11.6. The number of hydrogen-bond acceptors (Lipinski definition) is 7. The van der Waals surface area contributed by atoms with Crippen LogP contribution in [0.1, 0.15) is 71.8 Å². The number of rotatable bonds is 8. The minimum Gasteiger partial charge on any atom is -0.497 e. The first-order valence-electron chi connectivity index (χ1n) is 18.7. The summed E-state index contributed by atoms with van der Waals surface area (Å²) >= 11 is 0. The zero-order chi connectivity index (χ0) is 37.4. The van der Waals surface area contributed by atoms with E-state index in [4.69, 9.17) is 9.47 Å². The van der Waals surface area contributed by atoms with E-state index in [2.05, 4.69) is 26.7 Å². The number of methoxy groups -OCH3 is 2. The molecule has 2 unspecified atom stereocenters. The molecule has 14 heteroatoms. The standard InChI is InChI=1S/C39H50N6O7S/c1-40-37(48)44-19-26-18-43(20-38(26,21-44)23-51-4)36(47)39-17-31(39)30-16-27(52-5)12-14-28(30)34-33(24-9-7-6-8-10-24)29-13-11-25(15-32(29)45(34)22-39)35(46)41-53(49,50)42(2)3/h11-16,24,26,31H,6-10,17-23H2,1-5H3,(H,40,48)(H,41,46)/t26?,31-,38?,39-/m0/s1. The molecule has 0 spiro atoms. The Balaban J connectivity index is 1.25. The van der Waals surface area contributed by atoms with Gasteiger partial charge >= 0.3 is 16.2 Å². The fraction of sp³-hybridized carbons (Fsp3) is 0.564. The number of fused-ring (bicyclic) bond motifs is 8. The minimum absolute atomic E-state index is 0.0350. The average Bonchev–Trinajstić information content (AvgIpc) is 3.49. The molecule has 2 N–H and O–H groups in total. The second-order valence-corrected chi connectivity index (χ2v) is 18.0. The summed E-state index contributed by atoms with van der Waals surface area (Å²) in [4.78, 5) is 45.2. The lowest BCUT2D eigenvalue weighted by atomic mass is 9.81. The number of urea groups is 1. The van der Waals surface area contributed by atoms with Gasteiger partial charge < -0.3 is 29.2 Å². The number of nitrogens with zero attached hydrogens (tertiary/aromatic N) is 4. The van der Waals surface area contributed by atoms with E-state index >= 15 is 4.79 Å². The molecule has 53 heavy (non-hydrogen) atoms. The number of hydrogen-bond donors (Lipinski definition) is 2. The summed E-state index contributed by atoms with van der Waals surface area (Å²) in [5.74, 6) is 0.505. The lowest BCUT2D eigenvalue weighted by Crippen LogP contribution is -2.45. The topological polar surface area (TPSA) is 143 Å². The van der Waals surface area contributed by atoms with E-state index in [1.54, 1.807) is 33.4 Å². The number of aromatic nitrogens is 1. The van der Waals surface area contributed by atoms with Gasteiger partial charge in [-0.15, -0.1) is 0 Å². The molecule has 4 atom stereocenters. The molecule has 2 aliphatic carbocycles. The highest BCUT2D eigenvalue weighted by Gasteiger charge is 2.66. The molecule has 0 radical (unpaired) electrons. The maximum absolute atomic E-state index is 15.2. The maximum atomic E-state index is 15.2. The van der Waals surface area contributed by atoms with Gasteiger partial charge in [-0.25, -0.2) is 9.52 Å². The third kappa shape index (κ3) is 5.70. The Bertz CT molecular complexity index is 2110. The van der Waals surface area contributed by atoms with Crippen molar-refractivity contribution in [2.45, 2.75) is 56.9 Å². The molecule has 8 rings (SSSR count). The van der Waals surface area contributed by atoms with Gasteiger partial charge in [-0.2, -0.15) is 12.7 Å². The SMILES string of the molecule is CNC(=O)N1CC2CN(C(=O)[C@]34C[C@H]3c3cc(OC)ccc3-c3c(C5CCCCC5)c5ccc(C(=O)NS(=O)(=O)N(C)C)cc5n3C4)CC2(COC)C1. The van der Waals surface area contributed by atoms with E-state index in [1.807, 2.05) is 21.9 Å². The molecule has 3 aromatic rings. The summed E-state index contributed by atoms with van der Waals surface area (Å²) in [7, 11) is 3.72. The third-order valence-corrected chi connectivity index (χ3v) is 14.3. The van der Waals surface area contributed by atoms with Crippen LogP contribution in [0.2, 0.25) is 0 Å². The molecule has 4 amide bonds. The van der Waals surface area contributed by atoms with Gasteiger partial charge in [-0.3, -0.25) is 9.59 Å². The Kier molecular flexibility index (Phi) is 8.81. The van der Waals surface area contributed by atoms with Crippen LogP contribution in [0.15, 0.2) is 36.4 Å². The van der Waals surface area contributed by atoms with E-state index in [1.165, 1.54) is 26.1 Å². The Morgan fingerprint density at radius 1 is 0.962 bits per heavy atom. The molecular formula is C39H50N6O7S. The molecular weight excluding hydrogens is 697 g/mol. The van der Waals surface area contributed by atoms with Crippen LogP contribution >= 0.6 is 0 Å². The van der Waals surface area contributed by atoms with Crippen molar-refractivity contribution >= 4 is 39.0 Å². The molecule has 2 aromatic carbocycles. The van der Waals surface area contributed by atoms with E-state index < -0.39 is 21.5 Å². The van der Waals surface area contributed by atoms with Crippen LogP contribution in [0, 0.1) is 16.7 Å². The zero-order valence-corrected chi connectivity index (χ0v) is 32.1. The van der Waals surface area contributed by atoms with Crippen molar-refractivity contribution in [3.05, 3.63) is 53.1 Å². The normalized spacial score (nSPS) is 26.5. The van der Waals surface area contributed by atoms with Crippen molar-refractivity contribution in [3.8, 4) is 17.0 Å². The molecule has 2 saturated carbocycles.